The Morgan fingerprint density at radius 3 is 2.24 bits per heavy atom. The van der Waals surface area contributed by atoms with Crippen LogP contribution < -0.4 is 5.30 Å². The third-order valence-corrected chi connectivity index (χ3v) is 9.19. The van der Waals surface area contributed by atoms with Gasteiger partial charge in [-0.1, -0.05) is 25.1 Å². The highest BCUT2D eigenvalue weighted by molar-refractivity contribution is 7.71. The van der Waals surface area contributed by atoms with E-state index >= 15 is 0 Å². The third kappa shape index (κ3) is 3.88. The molecule has 0 radical (unpaired) electrons. The summed E-state index contributed by atoms with van der Waals surface area (Å²) in [7, 11) is 1.96. The predicted octanol–water partition coefficient (Wildman–Crippen LogP) is 5.05. The highest BCUT2D eigenvalue weighted by Crippen LogP contribution is 2.54. The quantitative estimate of drug-likeness (QED) is 0.323. The van der Waals surface area contributed by atoms with E-state index in [0.29, 0.717) is 0 Å². The number of hydrogen-bond acceptors (Lipinski definition) is 4. The van der Waals surface area contributed by atoms with Crippen molar-refractivity contribution < 1.29 is 4.92 Å². The first-order valence-electron chi connectivity index (χ1n) is 9.46. The number of nitrogens with zero attached hydrogens (tertiary/aromatic N) is 5. The largest absolute Gasteiger partial charge is 0.272 e. The highest BCUT2D eigenvalue weighted by Gasteiger charge is 2.30. The number of hydrogen-bond donors (Lipinski definition) is 0. The van der Waals surface area contributed by atoms with Gasteiger partial charge in [-0.2, -0.15) is 5.10 Å². The molecule has 0 aliphatic carbocycles. The zero-order valence-electron chi connectivity index (χ0n) is 17.4. The molecule has 0 fully saturated rings. The molecule has 3 rings (SSSR count). The lowest BCUT2D eigenvalue weighted by Crippen LogP contribution is -2.23. The summed E-state index contributed by atoms with van der Waals surface area (Å²) in [6.07, 6.45) is 0.832. The zero-order valence-corrected chi connectivity index (χ0v) is 18.3. The first-order valence-corrected chi connectivity index (χ1v) is 11.3. The summed E-state index contributed by atoms with van der Waals surface area (Å²) in [6.45, 7) is 6.25. The maximum atomic E-state index is 11.0. The number of non-ortho nitro benzene ring substituents is 1. The summed E-state index contributed by atoms with van der Waals surface area (Å²) in [5, 5.41) is 17.0. The van der Waals surface area contributed by atoms with Gasteiger partial charge in [0.05, 0.1) is 40.2 Å². The second kappa shape index (κ2) is 8.31. The molecule has 152 valence electrons. The molecule has 7 nitrogen and oxygen atoms in total. The molecule has 3 aromatic rings. The van der Waals surface area contributed by atoms with Crippen molar-refractivity contribution >= 4 is 23.9 Å². The van der Waals surface area contributed by atoms with Gasteiger partial charge >= 0.3 is 0 Å². The summed E-state index contributed by atoms with van der Waals surface area (Å²) in [5.41, 5.74) is 3.86. The molecule has 1 atom stereocenters. The number of aromatic nitrogens is 2. The van der Waals surface area contributed by atoms with Crippen molar-refractivity contribution in [2.45, 2.75) is 20.8 Å². The fourth-order valence-electron chi connectivity index (χ4n) is 3.66. The Labute approximate surface area is 171 Å². The smallest absolute Gasteiger partial charge is 0.269 e. The maximum Gasteiger partial charge on any atom is 0.269 e. The van der Waals surface area contributed by atoms with Crippen LogP contribution in [0.15, 0.2) is 59.3 Å². The number of nitro groups is 1. The summed E-state index contributed by atoms with van der Waals surface area (Å²) < 4.78 is 9.34. The second-order valence-electron chi connectivity index (χ2n) is 7.03. The minimum Gasteiger partial charge on any atom is -0.272 e. The topological polar surface area (TPSA) is 76.6 Å². The normalized spacial score (nSPS) is 13.3. The van der Waals surface area contributed by atoms with Crippen molar-refractivity contribution in [2.75, 3.05) is 20.3 Å². The molecule has 0 aliphatic heterocycles. The van der Waals surface area contributed by atoms with Gasteiger partial charge in [-0.25, -0.2) is 9.43 Å². The summed E-state index contributed by atoms with van der Waals surface area (Å²) in [5.74, 6) is 0. The van der Waals surface area contributed by atoms with Crippen LogP contribution >= 0.6 is 7.21 Å². The molecular formula is C21H26N5O2P. The van der Waals surface area contributed by atoms with Gasteiger partial charge in [-0.3, -0.25) is 14.8 Å². The lowest BCUT2D eigenvalue weighted by Gasteiger charge is -2.31. The van der Waals surface area contributed by atoms with Crippen LogP contribution in [0.3, 0.4) is 0 Å². The molecule has 0 spiro atoms. The van der Waals surface area contributed by atoms with Crippen molar-refractivity contribution in [3.05, 3.63) is 76.1 Å². The fourth-order valence-corrected chi connectivity index (χ4v) is 7.05. The lowest BCUT2D eigenvalue weighted by molar-refractivity contribution is -0.384. The summed E-state index contributed by atoms with van der Waals surface area (Å²) in [6, 6.07) is 16.5. The van der Waals surface area contributed by atoms with E-state index in [1.54, 1.807) is 12.1 Å². The first kappa shape index (κ1) is 21.0. The number of rotatable bonds is 6. The average Bonchev–Trinajstić information content (AvgIpc) is 3.01. The monoisotopic (exact) mass is 411 g/mol. The minimum absolute atomic E-state index is 0.0680. The summed E-state index contributed by atoms with van der Waals surface area (Å²) in [4.78, 5) is 10.6. The molecule has 0 bridgehead atoms. The molecule has 0 aliphatic rings. The molecule has 2 aromatic carbocycles. The van der Waals surface area contributed by atoms with Gasteiger partial charge in [0.15, 0.2) is 0 Å². The number of benzene rings is 2. The molecule has 0 amide bonds. The van der Waals surface area contributed by atoms with E-state index in [9.17, 15) is 10.1 Å². The molecule has 0 N–H and O–H groups in total. The van der Waals surface area contributed by atoms with Crippen LogP contribution in [-0.2, 0) is 0 Å². The van der Waals surface area contributed by atoms with Crippen molar-refractivity contribution in [1.29, 1.82) is 0 Å². The van der Waals surface area contributed by atoms with Crippen LogP contribution in [0.25, 0.3) is 5.69 Å². The van der Waals surface area contributed by atoms with E-state index < -0.39 is 12.1 Å². The van der Waals surface area contributed by atoms with E-state index in [1.807, 2.05) is 56.0 Å². The maximum absolute atomic E-state index is 11.0. The Morgan fingerprint density at radius 2 is 1.72 bits per heavy atom. The SMILES string of the molecule is CCP(=Nc1ccc([N+](=O)[O-])cc1)(c1c(C)nn(-c2ccccc2)c1C)N(C)C. The average molecular weight is 411 g/mol. The minimum atomic E-state index is -2.13. The van der Waals surface area contributed by atoms with E-state index in [4.69, 9.17) is 9.84 Å². The number of para-hydroxylation sites is 1. The molecule has 1 heterocycles. The van der Waals surface area contributed by atoms with E-state index in [1.165, 1.54) is 12.1 Å². The van der Waals surface area contributed by atoms with Crippen molar-refractivity contribution in [3.63, 3.8) is 0 Å². The van der Waals surface area contributed by atoms with Crippen LogP contribution in [0.1, 0.15) is 18.3 Å². The Morgan fingerprint density at radius 1 is 1.10 bits per heavy atom. The Kier molecular flexibility index (Phi) is 6.01. The molecule has 0 saturated heterocycles. The van der Waals surface area contributed by atoms with Crippen molar-refractivity contribution in [1.82, 2.24) is 14.5 Å². The molecule has 8 heteroatoms. The fraction of sp³-hybridized carbons (Fsp3) is 0.286. The molecule has 0 saturated carbocycles. The molecule has 1 unspecified atom stereocenters. The Hall–Kier alpha value is -2.76. The Bertz CT molecular complexity index is 1070. The van der Waals surface area contributed by atoms with E-state index in [0.717, 1.165) is 34.2 Å². The molecular weight excluding hydrogens is 385 g/mol. The Balaban J connectivity index is 2.22. The molecule has 29 heavy (non-hydrogen) atoms. The summed E-state index contributed by atoms with van der Waals surface area (Å²) >= 11 is 0. The first-order chi connectivity index (χ1) is 13.8. The number of aryl methyl sites for hydroxylation is 1. The molecule has 1 aromatic heterocycles. The lowest BCUT2D eigenvalue weighted by atomic mass is 10.3. The van der Waals surface area contributed by atoms with Gasteiger partial charge in [-0.05, 0) is 58.4 Å². The van der Waals surface area contributed by atoms with Crippen LogP contribution in [0, 0.1) is 24.0 Å². The zero-order chi connectivity index (χ0) is 21.2. The third-order valence-electron chi connectivity index (χ3n) is 5.06. The highest BCUT2D eigenvalue weighted by atomic mass is 31.2. The van der Waals surface area contributed by atoms with E-state index in [-0.39, 0.29) is 5.69 Å². The second-order valence-corrected chi connectivity index (χ2v) is 10.6. The van der Waals surface area contributed by atoms with Crippen LogP contribution in [0.5, 0.6) is 0 Å². The van der Waals surface area contributed by atoms with E-state index in [2.05, 4.69) is 18.5 Å². The van der Waals surface area contributed by atoms with Gasteiger partial charge in [0.1, 0.15) is 0 Å². The van der Waals surface area contributed by atoms with Gasteiger partial charge in [0, 0.05) is 12.1 Å². The predicted molar refractivity (Wildman–Crippen MR) is 119 cm³/mol. The standard InChI is InChI=1S/C21H26N5O2P/c1-6-29(24(4)5,23-18-12-14-20(15-13-18)26(27)28)21-16(2)22-25(17(21)3)19-10-8-7-9-11-19/h7-15H,6H2,1-5H3. The van der Waals surface area contributed by atoms with Gasteiger partial charge in [0.25, 0.3) is 5.69 Å². The van der Waals surface area contributed by atoms with Gasteiger partial charge < -0.3 is 0 Å². The van der Waals surface area contributed by atoms with Crippen LogP contribution in [-0.4, -0.2) is 39.6 Å². The van der Waals surface area contributed by atoms with Crippen LogP contribution in [0.4, 0.5) is 11.4 Å². The van der Waals surface area contributed by atoms with Gasteiger partial charge in [-0.15, -0.1) is 0 Å². The van der Waals surface area contributed by atoms with Gasteiger partial charge in [0.2, 0.25) is 0 Å². The van der Waals surface area contributed by atoms with Crippen molar-refractivity contribution in [3.8, 4) is 5.69 Å². The van der Waals surface area contributed by atoms with Crippen LogP contribution in [0.2, 0.25) is 0 Å². The number of nitro benzene ring substituents is 1. The van der Waals surface area contributed by atoms with Crippen molar-refractivity contribution in [2.24, 2.45) is 4.74 Å².